The molecule has 3 nitrogen and oxygen atoms in total. The summed E-state index contributed by atoms with van der Waals surface area (Å²) in [5, 5.41) is 8.62. The van der Waals surface area contributed by atoms with Crippen LogP contribution in [0.15, 0.2) is 30.3 Å². The van der Waals surface area contributed by atoms with Gasteiger partial charge in [0.2, 0.25) is 0 Å². The minimum atomic E-state index is -0.913. The number of hydrogen-bond donors (Lipinski definition) is 1. The van der Waals surface area contributed by atoms with Crippen molar-refractivity contribution in [3.8, 4) is 0 Å². The van der Waals surface area contributed by atoms with Gasteiger partial charge in [0.15, 0.2) is 0 Å². The molecule has 1 fully saturated rings. The van der Waals surface area contributed by atoms with Gasteiger partial charge in [0.1, 0.15) is 0 Å². The van der Waals surface area contributed by atoms with Crippen molar-refractivity contribution in [3.63, 3.8) is 0 Å². The van der Waals surface area contributed by atoms with Crippen molar-refractivity contribution in [1.29, 1.82) is 0 Å². The maximum Gasteiger partial charge on any atom is 0.328 e. The van der Waals surface area contributed by atoms with E-state index in [1.807, 2.05) is 12.1 Å². The second-order valence-corrected chi connectivity index (χ2v) is 7.00. The fraction of sp³-hybridized carbons (Fsp3) is 0.500. The Labute approximate surface area is 127 Å². The van der Waals surface area contributed by atoms with Crippen molar-refractivity contribution in [2.45, 2.75) is 33.7 Å². The standard InChI is InChI=1S/C18H25NO2/c1-18(2,3)16-10-11-19(13-16)12-15-6-4-14(5-7-15)8-9-17(20)21/h4-9,16H,10-13H2,1-3H3,(H,20,21)/b9-8+. The van der Waals surface area contributed by atoms with Gasteiger partial charge in [-0.15, -0.1) is 0 Å². The van der Waals surface area contributed by atoms with E-state index in [9.17, 15) is 4.79 Å². The number of likely N-dealkylation sites (tertiary alicyclic amines) is 1. The smallest absolute Gasteiger partial charge is 0.328 e. The van der Waals surface area contributed by atoms with Crippen LogP contribution in [0.3, 0.4) is 0 Å². The highest BCUT2D eigenvalue weighted by molar-refractivity contribution is 5.85. The first-order chi connectivity index (χ1) is 9.84. The maximum atomic E-state index is 10.5. The van der Waals surface area contributed by atoms with Crippen LogP contribution in [0.5, 0.6) is 0 Å². The quantitative estimate of drug-likeness (QED) is 0.859. The monoisotopic (exact) mass is 287 g/mol. The largest absolute Gasteiger partial charge is 0.478 e. The number of benzene rings is 1. The molecule has 1 aliphatic heterocycles. The Morgan fingerprint density at radius 1 is 1.33 bits per heavy atom. The molecule has 1 aromatic carbocycles. The molecule has 1 heterocycles. The molecule has 0 amide bonds. The summed E-state index contributed by atoms with van der Waals surface area (Å²) in [6.45, 7) is 10.3. The number of aliphatic carboxylic acids is 1. The summed E-state index contributed by atoms with van der Waals surface area (Å²) in [5.74, 6) is -0.139. The highest BCUT2D eigenvalue weighted by Gasteiger charge is 2.31. The molecule has 1 aromatic rings. The SMILES string of the molecule is CC(C)(C)C1CCN(Cc2ccc(/C=C/C(=O)O)cc2)C1. The zero-order valence-corrected chi connectivity index (χ0v) is 13.2. The predicted molar refractivity (Wildman–Crippen MR) is 86.0 cm³/mol. The van der Waals surface area contributed by atoms with Crippen LogP contribution in [0, 0.1) is 11.3 Å². The molecule has 3 heteroatoms. The van der Waals surface area contributed by atoms with Gasteiger partial charge in [-0.2, -0.15) is 0 Å². The number of carboxylic acid groups (broad SMARTS) is 1. The van der Waals surface area contributed by atoms with Crippen LogP contribution >= 0.6 is 0 Å². The third-order valence-electron chi connectivity index (χ3n) is 4.30. The average Bonchev–Trinajstić information content (AvgIpc) is 2.86. The minimum absolute atomic E-state index is 0.389. The zero-order chi connectivity index (χ0) is 15.5. The zero-order valence-electron chi connectivity index (χ0n) is 13.2. The number of hydrogen-bond acceptors (Lipinski definition) is 2. The lowest BCUT2D eigenvalue weighted by atomic mass is 9.80. The molecule has 0 spiro atoms. The highest BCUT2D eigenvalue weighted by atomic mass is 16.4. The molecule has 1 N–H and O–H groups in total. The summed E-state index contributed by atoms with van der Waals surface area (Å²) in [6, 6.07) is 8.13. The van der Waals surface area contributed by atoms with E-state index in [1.165, 1.54) is 31.1 Å². The molecule has 2 rings (SSSR count). The Balaban J connectivity index is 1.91. The molecular formula is C18H25NO2. The molecule has 0 aromatic heterocycles. The minimum Gasteiger partial charge on any atom is -0.478 e. The number of nitrogens with zero attached hydrogens (tertiary/aromatic N) is 1. The summed E-state index contributed by atoms with van der Waals surface area (Å²) in [4.78, 5) is 13.0. The fourth-order valence-electron chi connectivity index (χ4n) is 2.84. The van der Waals surface area contributed by atoms with E-state index in [0.29, 0.717) is 5.41 Å². The second-order valence-electron chi connectivity index (χ2n) is 7.00. The number of carboxylic acids is 1. The molecule has 1 aliphatic rings. The molecule has 0 aliphatic carbocycles. The third kappa shape index (κ3) is 4.71. The van der Waals surface area contributed by atoms with Crippen molar-refractivity contribution in [3.05, 3.63) is 41.5 Å². The van der Waals surface area contributed by atoms with Crippen LogP contribution < -0.4 is 0 Å². The molecule has 1 atom stereocenters. The molecule has 21 heavy (non-hydrogen) atoms. The van der Waals surface area contributed by atoms with E-state index >= 15 is 0 Å². The molecule has 1 saturated heterocycles. The topological polar surface area (TPSA) is 40.5 Å². The van der Waals surface area contributed by atoms with E-state index in [1.54, 1.807) is 6.08 Å². The Bertz CT molecular complexity index is 511. The van der Waals surface area contributed by atoms with Crippen LogP contribution in [0.2, 0.25) is 0 Å². The first-order valence-electron chi connectivity index (χ1n) is 7.57. The first kappa shape index (κ1) is 15.8. The van der Waals surface area contributed by atoms with E-state index < -0.39 is 5.97 Å². The molecule has 0 saturated carbocycles. The van der Waals surface area contributed by atoms with Gasteiger partial charge in [-0.25, -0.2) is 4.79 Å². The van der Waals surface area contributed by atoms with Crippen LogP contribution in [0.25, 0.3) is 6.08 Å². The lowest BCUT2D eigenvalue weighted by molar-refractivity contribution is -0.131. The van der Waals surface area contributed by atoms with Gasteiger partial charge in [-0.1, -0.05) is 45.0 Å². The Hall–Kier alpha value is -1.61. The van der Waals surface area contributed by atoms with Crippen molar-refractivity contribution < 1.29 is 9.90 Å². The van der Waals surface area contributed by atoms with E-state index in [2.05, 4.69) is 37.8 Å². The van der Waals surface area contributed by atoms with Crippen LogP contribution in [-0.2, 0) is 11.3 Å². The summed E-state index contributed by atoms with van der Waals surface area (Å²) >= 11 is 0. The molecule has 0 bridgehead atoms. The van der Waals surface area contributed by atoms with Crippen molar-refractivity contribution in [2.75, 3.05) is 13.1 Å². The first-order valence-corrected chi connectivity index (χ1v) is 7.57. The van der Waals surface area contributed by atoms with E-state index in [0.717, 1.165) is 18.0 Å². The van der Waals surface area contributed by atoms with Crippen molar-refractivity contribution in [2.24, 2.45) is 11.3 Å². The van der Waals surface area contributed by atoms with Crippen LogP contribution in [0.1, 0.15) is 38.3 Å². The maximum absolute atomic E-state index is 10.5. The van der Waals surface area contributed by atoms with Gasteiger partial charge in [0.25, 0.3) is 0 Å². The lowest BCUT2D eigenvalue weighted by Gasteiger charge is -2.27. The number of rotatable bonds is 4. The predicted octanol–water partition coefficient (Wildman–Crippen LogP) is 3.65. The van der Waals surface area contributed by atoms with E-state index in [-0.39, 0.29) is 0 Å². The van der Waals surface area contributed by atoms with Crippen molar-refractivity contribution in [1.82, 2.24) is 4.90 Å². The highest BCUT2D eigenvalue weighted by Crippen LogP contribution is 2.34. The molecule has 0 radical (unpaired) electrons. The molecule has 1 unspecified atom stereocenters. The lowest BCUT2D eigenvalue weighted by Crippen LogP contribution is -2.25. The third-order valence-corrected chi connectivity index (χ3v) is 4.30. The van der Waals surface area contributed by atoms with Gasteiger partial charge in [-0.05, 0) is 41.5 Å². The van der Waals surface area contributed by atoms with Crippen LogP contribution in [-0.4, -0.2) is 29.1 Å². The summed E-state index contributed by atoms with van der Waals surface area (Å²) in [6.07, 6.45) is 4.07. The van der Waals surface area contributed by atoms with E-state index in [4.69, 9.17) is 5.11 Å². The number of carbonyl (C=O) groups is 1. The Morgan fingerprint density at radius 3 is 2.52 bits per heavy atom. The van der Waals surface area contributed by atoms with Gasteiger partial charge in [-0.3, -0.25) is 4.90 Å². The molecular weight excluding hydrogens is 262 g/mol. The summed E-state index contributed by atoms with van der Waals surface area (Å²) in [5.41, 5.74) is 2.60. The van der Waals surface area contributed by atoms with Gasteiger partial charge >= 0.3 is 5.97 Å². The van der Waals surface area contributed by atoms with Gasteiger partial charge < -0.3 is 5.11 Å². The normalized spacial score (nSPS) is 20.2. The van der Waals surface area contributed by atoms with Crippen molar-refractivity contribution >= 4 is 12.0 Å². The Morgan fingerprint density at radius 2 is 2.00 bits per heavy atom. The summed E-state index contributed by atoms with van der Waals surface area (Å²) in [7, 11) is 0. The summed E-state index contributed by atoms with van der Waals surface area (Å²) < 4.78 is 0. The average molecular weight is 287 g/mol. The van der Waals surface area contributed by atoms with Gasteiger partial charge in [0, 0.05) is 19.2 Å². The Kier molecular flexibility index (Phi) is 4.84. The van der Waals surface area contributed by atoms with Crippen LogP contribution in [0.4, 0.5) is 0 Å². The second kappa shape index (κ2) is 6.44. The van der Waals surface area contributed by atoms with Gasteiger partial charge in [0.05, 0.1) is 0 Å². The molecule has 114 valence electrons. The fourth-order valence-corrected chi connectivity index (χ4v) is 2.84.